The second kappa shape index (κ2) is 10.5. The molecule has 9 nitrogen and oxygen atoms in total. The van der Waals surface area contributed by atoms with Crippen molar-refractivity contribution < 1.29 is 14.3 Å². The van der Waals surface area contributed by atoms with Crippen LogP contribution in [0.25, 0.3) is 10.9 Å². The lowest BCUT2D eigenvalue weighted by molar-refractivity contribution is 0.0772. The van der Waals surface area contributed by atoms with Crippen molar-refractivity contribution in [2.45, 2.75) is 12.5 Å². The Balaban J connectivity index is 1.26. The van der Waals surface area contributed by atoms with E-state index < -0.39 is 6.03 Å². The number of anilines is 2. The van der Waals surface area contributed by atoms with E-state index in [1.165, 1.54) is 10.9 Å². The number of amides is 2. The van der Waals surface area contributed by atoms with E-state index in [9.17, 15) is 9.59 Å². The number of carbonyl (C=O) groups excluding carboxylic acids is 1. The maximum atomic E-state index is 12.8. The summed E-state index contributed by atoms with van der Waals surface area (Å²) < 4.78 is 13.3. The molecular weight excluding hydrogens is 494 g/mol. The van der Waals surface area contributed by atoms with Crippen molar-refractivity contribution in [2.24, 2.45) is 7.05 Å². The van der Waals surface area contributed by atoms with Gasteiger partial charge in [0.2, 0.25) is 0 Å². The van der Waals surface area contributed by atoms with Gasteiger partial charge in [0.1, 0.15) is 23.9 Å². The van der Waals surface area contributed by atoms with Gasteiger partial charge in [0.25, 0.3) is 5.56 Å². The van der Waals surface area contributed by atoms with Gasteiger partial charge < -0.3 is 24.7 Å². The first-order chi connectivity index (χ1) is 17.9. The minimum atomic E-state index is -0.439. The van der Waals surface area contributed by atoms with Crippen LogP contribution in [0.5, 0.6) is 17.2 Å². The number of hydrogen-bond donors (Lipinski definition) is 2. The standard InChI is InChI=1S/C27H26ClN5O4/c1-32-11-10-19(32)15-36-25-12-17(28)6-8-24(25)31-27(35)30-18-4-3-5-20(13-18)37-21-7-9-23-22(14-21)26(34)33(2)16-29-23/h3-9,12-14,16,19H,10-11,15H2,1-2H3,(H2,30,31,35)/t19-/m0/s1. The molecule has 0 unspecified atom stereocenters. The molecule has 2 heterocycles. The molecule has 1 atom stereocenters. The Morgan fingerprint density at radius 2 is 1.92 bits per heavy atom. The number of nitrogens with zero attached hydrogens (tertiary/aromatic N) is 3. The van der Waals surface area contributed by atoms with Crippen LogP contribution >= 0.6 is 11.6 Å². The molecule has 10 heteroatoms. The number of hydrogen-bond acceptors (Lipinski definition) is 6. The topological polar surface area (TPSA) is 97.7 Å². The van der Waals surface area contributed by atoms with Crippen LogP contribution in [0.3, 0.4) is 0 Å². The van der Waals surface area contributed by atoms with Crippen LogP contribution in [0.4, 0.5) is 16.2 Å². The van der Waals surface area contributed by atoms with Crippen molar-refractivity contribution in [3.63, 3.8) is 0 Å². The van der Waals surface area contributed by atoms with Crippen molar-refractivity contribution in [2.75, 3.05) is 30.8 Å². The van der Waals surface area contributed by atoms with E-state index in [-0.39, 0.29) is 5.56 Å². The number of aryl methyl sites for hydroxylation is 1. The van der Waals surface area contributed by atoms with Gasteiger partial charge in [-0.15, -0.1) is 0 Å². The van der Waals surface area contributed by atoms with Gasteiger partial charge in [0.15, 0.2) is 0 Å². The second-order valence-corrected chi connectivity index (χ2v) is 9.36. The number of carbonyl (C=O) groups is 1. The quantitative estimate of drug-likeness (QED) is 0.352. The zero-order valence-electron chi connectivity index (χ0n) is 20.4. The highest BCUT2D eigenvalue weighted by Gasteiger charge is 2.25. The summed E-state index contributed by atoms with van der Waals surface area (Å²) in [6.45, 7) is 1.57. The van der Waals surface area contributed by atoms with Gasteiger partial charge in [-0.1, -0.05) is 17.7 Å². The monoisotopic (exact) mass is 519 g/mol. The molecule has 37 heavy (non-hydrogen) atoms. The zero-order valence-corrected chi connectivity index (χ0v) is 21.2. The lowest BCUT2D eigenvalue weighted by Crippen LogP contribution is -2.48. The van der Waals surface area contributed by atoms with Crippen molar-refractivity contribution in [3.8, 4) is 17.2 Å². The summed E-state index contributed by atoms with van der Waals surface area (Å²) in [4.78, 5) is 31.6. The summed E-state index contributed by atoms with van der Waals surface area (Å²) in [5, 5.41) is 6.62. The summed E-state index contributed by atoms with van der Waals surface area (Å²) in [6.07, 6.45) is 2.56. The summed E-state index contributed by atoms with van der Waals surface area (Å²) >= 11 is 6.15. The molecule has 0 bridgehead atoms. The number of likely N-dealkylation sites (tertiary alicyclic amines) is 1. The molecule has 4 aromatic rings. The molecule has 1 aliphatic heterocycles. The van der Waals surface area contributed by atoms with E-state index in [0.717, 1.165) is 13.0 Å². The Labute approximate surface area is 218 Å². The molecule has 1 aliphatic rings. The van der Waals surface area contributed by atoms with Crippen LogP contribution < -0.4 is 25.7 Å². The Bertz CT molecular complexity index is 1520. The Morgan fingerprint density at radius 3 is 2.70 bits per heavy atom. The fraction of sp³-hybridized carbons (Fsp3) is 0.222. The van der Waals surface area contributed by atoms with Gasteiger partial charge >= 0.3 is 6.03 Å². The molecule has 2 N–H and O–H groups in total. The smallest absolute Gasteiger partial charge is 0.323 e. The minimum Gasteiger partial charge on any atom is -0.490 e. The number of fused-ring (bicyclic) bond motifs is 1. The predicted octanol–water partition coefficient (Wildman–Crippen LogP) is 5.11. The number of ether oxygens (including phenoxy) is 2. The highest BCUT2D eigenvalue weighted by atomic mass is 35.5. The average Bonchev–Trinajstić information content (AvgIpc) is 2.87. The number of nitrogens with one attached hydrogen (secondary N) is 2. The maximum absolute atomic E-state index is 12.8. The average molecular weight is 520 g/mol. The van der Waals surface area contributed by atoms with E-state index >= 15 is 0 Å². The van der Waals surface area contributed by atoms with E-state index in [1.807, 2.05) is 0 Å². The van der Waals surface area contributed by atoms with Crippen LogP contribution in [0.2, 0.25) is 5.02 Å². The first-order valence-corrected chi connectivity index (χ1v) is 12.2. The number of halogens is 1. The molecule has 0 aliphatic carbocycles. The Hall–Kier alpha value is -4.08. The van der Waals surface area contributed by atoms with Crippen LogP contribution in [-0.2, 0) is 7.05 Å². The third-order valence-electron chi connectivity index (χ3n) is 6.28. The molecule has 0 spiro atoms. The minimum absolute atomic E-state index is 0.159. The largest absolute Gasteiger partial charge is 0.490 e. The first-order valence-electron chi connectivity index (χ1n) is 11.8. The van der Waals surface area contributed by atoms with Gasteiger partial charge in [-0.3, -0.25) is 9.69 Å². The number of aromatic nitrogens is 2. The molecule has 5 rings (SSSR count). The molecular formula is C27H26ClN5O4. The highest BCUT2D eigenvalue weighted by molar-refractivity contribution is 6.30. The van der Waals surface area contributed by atoms with Gasteiger partial charge in [0.05, 0.1) is 22.9 Å². The van der Waals surface area contributed by atoms with Gasteiger partial charge in [-0.05, 0) is 62.5 Å². The molecule has 0 radical (unpaired) electrons. The lowest BCUT2D eigenvalue weighted by atomic mass is 10.1. The fourth-order valence-electron chi connectivity index (χ4n) is 4.00. The van der Waals surface area contributed by atoms with Crippen LogP contribution in [0.15, 0.2) is 71.8 Å². The molecule has 1 saturated heterocycles. The van der Waals surface area contributed by atoms with Crippen molar-refractivity contribution in [1.29, 1.82) is 0 Å². The van der Waals surface area contributed by atoms with Crippen LogP contribution in [0.1, 0.15) is 6.42 Å². The molecule has 1 fully saturated rings. The molecule has 190 valence electrons. The van der Waals surface area contributed by atoms with Gasteiger partial charge in [-0.2, -0.15) is 0 Å². The predicted molar refractivity (Wildman–Crippen MR) is 144 cm³/mol. The molecule has 1 aromatic heterocycles. The Kier molecular flexibility index (Phi) is 6.98. The van der Waals surface area contributed by atoms with Crippen molar-refractivity contribution in [1.82, 2.24) is 14.5 Å². The summed E-state index contributed by atoms with van der Waals surface area (Å²) in [7, 11) is 3.70. The lowest BCUT2D eigenvalue weighted by Gasteiger charge is -2.37. The van der Waals surface area contributed by atoms with E-state index in [1.54, 1.807) is 67.7 Å². The number of rotatable bonds is 7. The van der Waals surface area contributed by atoms with Crippen LogP contribution in [0, 0.1) is 0 Å². The highest BCUT2D eigenvalue weighted by Crippen LogP contribution is 2.30. The number of urea groups is 1. The fourth-order valence-corrected chi connectivity index (χ4v) is 4.16. The van der Waals surface area contributed by atoms with Gasteiger partial charge in [-0.25, -0.2) is 9.78 Å². The summed E-state index contributed by atoms with van der Waals surface area (Å²) in [5.74, 6) is 1.49. The van der Waals surface area contributed by atoms with E-state index in [2.05, 4.69) is 27.6 Å². The normalized spacial score (nSPS) is 15.2. The first kappa shape index (κ1) is 24.6. The molecule has 3 aromatic carbocycles. The van der Waals surface area contributed by atoms with E-state index in [0.29, 0.717) is 57.2 Å². The van der Waals surface area contributed by atoms with E-state index in [4.69, 9.17) is 21.1 Å². The van der Waals surface area contributed by atoms with Crippen molar-refractivity contribution >= 4 is 39.9 Å². The van der Waals surface area contributed by atoms with Crippen LogP contribution in [-0.4, -0.2) is 46.7 Å². The summed E-state index contributed by atoms with van der Waals surface area (Å²) in [5.41, 5.74) is 1.48. The van der Waals surface area contributed by atoms with Crippen molar-refractivity contribution in [3.05, 3.63) is 82.4 Å². The number of benzene rings is 3. The SMILES string of the molecule is CN1CC[C@H]1COc1cc(Cl)ccc1NC(=O)Nc1cccc(Oc2ccc3ncn(C)c(=O)c3c2)c1. The maximum Gasteiger partial charge on any atom is 0.323 e. The van der Waals surface area contributed by atoms with Gasteiger partial charge in [0, 0.05) is 35.9 Å². The molecule has 0 saturated carbocycles. The molecule has 2 amide bonds. The second-order valence-electron chi connectivity index (χ2n) is 8.92. The third-order valence-corrected chi connectivity index (χ3v) is 6.51. The number of likely N-dealkylation sites (N-methyl/N-ethyl adjacent to an activating group) is 1. The zero-order chi connectivity index (χ0) is 25.9. The Morgan fingerprint density at radius 1 is 1.08 bits per heavy atom. The third kappa shape index (κ3) is 5.68. The summed E-state index contributed by atoms with van der Waals surface area (Å²) in [6, 6.07) is 17.1.